The fourth-order valence-electron chi connectivity index (χ4n) is 1.69. The van der Waals surface area contributed by atoms with Crippen LogP contribution in [-0.4, -0.2) is 33.8 Å². The summed E-state index contributed by atoms with van der Waals surface area (Å²) in [5.74, 6) is 1.55. The van der Waals surface area contributed by atoms with Crippen LogP contribution in [0.5, 0.6) is 0 Å². The summed E-state index contributed by atoms with van der Waals surface area (Å²) in [6, 6.07) is 4.08. The van der Waals surface area contributed by atoms with Crippen molar-refractivity contribution in [1.29, 1.82) is 0 Å². The second-order valence-corrected chi connectivity index (χ2v) is 6.13. The molecule has 2 heterocycles. The summed E-state index contributed by atoms with van der Waals surface area (Å²) in [4.78, 5) is 6.54. The molecule has 5 heteroatoms. The maximum Gasteiger partial charge on any atom is 0.108 e. The van der Waals surface area contributed by atoms with Gasteiger partial charge in [0.15, 0.2) is 0 Å². The van der Waals surface area contributed by atoms with E-state index in [1.54, 1.807) is 0 Å². The van der Waals surface area contributed by atoms with Crippen LogP contribution in [0.1, 0.15) is 5.69 Å². The molecule has 1 aromatic heterocycles. The molecule has 1 fully saturated rings. The van der Waals surface area contributed by atoms with Crippen molar-refractivity contribution in [2.24, 2.45) is 0 Å². The van der Waals surface area contributed by atoms with Gasteiger partial charge in [-0.05, 0) is 35.0 Å². The van der Waals surface area contributed by atoms with E-state index in [2.05, 4.69) is 31.9 Å². The molecule has 2 rings (SSSR count). The zero-order chi connectivity index (χ0) is 10.8. The van der Waals surface area contributed by atoms with Crippen LogP contribution in [0.3, 0.4) is 0 Å². The Kier molecular flexibility index (Phi) is 3.41. The van der Waals surface area contributed by atoms with Gasteiger partial charge in [0.25, 0.3) is 0 Å². The van der Waals surface area contributed by atoms with Gasteiger partial charge in [-0.1, -0.05) is 0 Å². The normalized spacial score (nSPS) is 18.1. The first kappa shape index (κ1) is 11.1. The molecule has 1 aromatic rings. The highest BCUT2D eigenvalue weighted by atomic mass is 79.9. The number of halogens is 1. The largest absolute Gasteiger partial charge is 0.370 e. The lowest BCUT2D eigenvalue weighted by Gasteiger charge is -2.28. The first-order valence-corrected chi connectivity index (χ1v) is 7.17. The number of hydrogen-bond acceptors (Lipinski definition) is 3. The van der Waals surface area contributed by atoms with Crippen molar-refractivity contribution >= 4 is 32.4 Å². The van der Waals surface area contributed by atoms with Gasteiger partial charge in [0.2, 0.25) is 0 Å². The quantitative estimate of drug-likeness (QED) is 0.738. The van der Waals surface area contributed by atoms with Crippen molar-refractivity contribution in [2.75, 3.05) is 29.5 Å². The lowest BCUT2D eigenvalue weighted by Crippen LogP contribution is -2.37. The van der Waals surface area contributed by atoms with E-state index >= 15 is 0 Å². The molecular weight excluding hydrogens is 276 g/mol. The molecule has 0 bridgehead atoms. The fourth-order valence-corrected chi connectivity index (χ4v) is 3.26. The molecule has 0 amide bonds. The zero-order valence-electron chi connectivity index (χ0n) is 8.57. The van der Waals surface area contributed by atoms with Gasteiger partial charge in [-0.2, -0.15) is 0 Å². The van der Waals surface area contributed by atoms with Crippen molar-refractivity contribution in [3.8, 4) is 0 Å². The van der Waals surface area contributed by atoms with Gasteiger partial charge >= 0.3 is 0 Å². The fraction of sp³-hybridized carbons (Fsp3) is 0.500. The minimum atomic E-state index is -0.614. The second-order valence-electron chi connectivity index (χ2n) is 3.62. The average Bonchev–Trinajstić information content (AvgIpc) is 2.17. The minimum absolute atomic E-state index is 0.614. The molecule has 0 aliphatic carbocycles. The van der Waals surface area contributed by atoms with Crippen LogP contribution in [0.25, 0.3) is 0 Å². The van der Waals surface area contributed by atoms with E-state index < -0.39 is 10.8 Å². The number of anilines is 1. The van der Waals surface area contributed by atoms with Crippen LogP contribution >= 0.6 is 15.9 Å². The Labute approximate surface area is 100 Å². The van der Waals surface area contributed by atoms with Gasteiger partial charge in [0, 0.05) is 46.8 Å². The second kappa shape index (κ2) is 4.61. The van der Waals surface area contributed by atoms with E-state index in [-0.39, 0.29) is 0 Å². The lowest BCUT2D eigenvalue weighted by atomic mass is 10.3. The molecular formula is C10H13BrN2OS. The zero-order valence-corrected chi connectivity index (χ0v) is 11.0. The Balaban J connectivity index is 2.18. The van der Waals surface area contributed by atoms with Crippen LogP contribution in [-0.2, 0) is 10.8 Å². The van der Waals surface area contributed by atoms with E-state index in [1.807, 2.05) is 13.0 Å². The molecule has 0 radical (unpaired) electrons. The monoisotopic (exact) mass is 288 g/mol. The van der Waals surface area contributed by atoms with Crippen LogP contribution in [0.2, 0.25) is 0 Å². The summed E-state index contributed by atoms with van der Waals surface area (Å²) in [6.45, 7) is 3.74. The van der Waals surface area contributed by atoms with Crippen molar-refractivity contribution in [3.05, 3.63) is 22.4 Å². The Bertz CT molecular complexity index is 367. The van der Waals surface area contributed by atoms with Gasteiger partial charge in [0.1, 0.15) is 4.60 Å². The van der Waals surface area contributed by atoms with Gasteiger partial charge < -0.3 is 4.90 Å². The Morgan fingerprint density at radius 1 is 1.40 bits per heavy atom. The molecule has 1 saturated heterocycles. The molecule has 0 N–H and O–H groups in total. The first-order valence-electron chi connectivity index (χ1n) is 4.89. The number of rotatable bonds is 1. The molecule has 3 nitrogen and oxygen atoms in total. The molecule has 15 heavy (non-hydrogen) atoms. The van der Waals surface area contributed by atoms with Crippen molar-refractivity contribution in [3.63, 3.8) is 0 Å². The van der Waals surface area contributed by atoms with Crippen LogP contribution < -0.4 is 4.90 Å². The number of pyridine rings is 1. The molecule has 0 spiro atoms. The van der Waals surface area contributed by atoms with E-state index in [0.717, 1.165) is 34.9 Å². The summed E-state index contributed by atoms with van der Waals surface area (Å²) >= 11 is 3.39. The number of hydrogen-bond donors (Lipinski definition) is 0. The molecule has 1 aliphatic rings. The first-order chi connectivity index (χ1) is 7.15. The molecule has 0 saturated carbocycles. The highest BCUT2D eigenvalue weighted by Crippen LogP contribution is 2.21. The molecule has 1 aliphatic heterocycles. The van der Waals surface area contributed by atoms with E-state index in [4.69, 9.17) is 0 Å². The van der Waals surface area contributed by atoms with E-state index in [0.29, 0.717) is 0 Å². The smallest absolute Gasteiger partial charge is 0.108 e. The van der Waals surface area contributed by atoms with E-state index in [1.165, 1.54) is 5.69 Å². The predicted molar refractivity (Wildman–Crippen MR) is 66.8 cm³/mol. The SMILES string of the molecule is Cc1cc(N2CCS(=O)CC2)cc(Br)n1. The summed E-state index contributed by atoms with van der Waals surface area (Å²) in [5.41, 5.74) is 2.18. The van der Waals surface area contributed by atoms with Crippen molar-refractivity contribution in [2.45, 2.75) is 6.92 Å². The molecule has 0 aromatic carbocycles. The average molecular weight is 289 g/mol. The minimum Gasteiger partial charge on any atom is -0.370 e. The number of aromatic nitrogens is 1. The standard InChI is InChI=1S/C10H13BrN2OS/c1-8-6-9(7-10(11)12-8)13-2-4-15(14)5-3-13/h6-7H,2-5H2,1H3. The Hall–Kier alpha value is -0.420. The lowest BCUT2D eigenvalue weighted by molar-refractivity contribution is 0.673. The van der Waals surface area contributed by atoms with E-state index in [9.17, 15) is 4.21 Å². The molecule has 0 atom stereocenters. The maximum atomic E-state index is 11.2. The van der Waals surface area contributed by atoms with Gasteiger partial charge in [0.05, 0.1) is 0 Å². The Morgan fingerprint density at radius 2 is 2.07 bits per heavy atom. The van der Waals surface area contributed by atoms with Crippen molar-refractivity contribution < 1.29 is 4.21 Å². The summed E-state index contributed by atoms with van der Waals surface area (Å²) in [7, 11) is -0.614. The number of nitrogens with zero attached hydrogens (tertiary/aromatic N) is 2. The summed E-state index contributed by atoms with van der Waals surface area (Å²) in [5, 5.41) is 0. The molecule has 82 valence electrons. The molecule has 0 unspecified atom stereocenters. The Morgan fingerprint density at radius 3 is 2.67 bits per heavy atom. The van der Waals surface area contributed by atoms with Crippen LogP contribution in [0.4, 0.5) is 5.69 Å². The van der Waals surface area contributed by atoms with Crippen LogP contribution in [0.15, 0.2) is 16.7 Å². The van der Waals surface area contributed by atoms with Crippen molar-refractivity contribution in [1.82, 2.24) is 4.98 Å². The third kappa shape index (κ3) is 2.78. The highest BCUT2D eigenvalue weighted by molar-refractivity contribution is 9.10. The highest BCUT2D eigenvalue weighted by Gasteiger charge is 2.15. The third-order valence-electron chi connectivity index (χ3n) is 2.45. The van der Waals surface area contributed by atoms with Gasteiger partial charge in [-0.25, -0.2) is 4.98 Å². The van der Waals surface area contributed by atoms with Gasteiger partial charge in [-0.15, -0.1) is 0 Å². The summed E-state index contributed by atoms with van der Waals surface area (Å²) < 4.78 is 12.1. The topological polar surface area (TPSA) is 33.2 Å². The maximum absolute atomic E-state index is 11.2. The van der Waals surface area contributed by atoms with Gasteiger partial charge in [-0.3, -0.25) is 4.21 Å². The number of aryl methyl sites for hydroxylation is 1. The third-order valence-corrected chi connectivity index (χ3v) is 4.13. The van der Waals surface area contributed by atoms with Crippen LogP contribution in [0, 0.1) is 6.92 Å². The summed E-state index contributed by atoms with van der Waals surface area (Å²) in [6.07, 6.45) is 0. The predicted octanol–water partition coefficient (Wildman–Crippen LogP) is 1.72.